The number of aromatic nitrogens is 3. The second-order valence-electron chi connectivity index (χ2n) is 7.69. The van der Waals surface area contributed by atoms with Crippen LogP contribution in [0.25, 0.3) is 20.8 Å². The van der Waals surface area contributed by atoms with Gasteiger partial charge >= 0.3 is 5.97 Å². The predicted octanol–water partition coefficient (Wildman–Crippen LogP) is 3.99. The first-order valence-electron chi connectivity index (χ1n) is 10.2. The van der Waals surface area contributed by atoms with Crippen molar-refractivity contribution >= 4 is 44.9 Å². The SMILES string of the molecule is Cc1ccc2nc(-c3ccc(NC(=O)COC(=O)C(=O)c4c(C)nn(C)c4C)cc3)sc2c1. The number of nitrogens with one attached hydrogen (secondary N) is 1. The van der Waals surface area contributed by atoms with Gasteiger partial charge in [-0.25, -0.2) is 9.78 Å². The zero-order valence-corrected chi connectivity index (χ0v) is 19.4. The summed E-state index contributed by atoms with van der Waals surface area (Å²) in [5.41, 5.74) is 4.80. The largest absolute Gasteiger partial charge is 0.450 e. The summed E-state index contributed by atoms with van der Waals surface area (Å²) in [6.07, 6.45) is 0. The summed E-state index contributed by atoms with van der Waals surface area (Å²) in [6.45, 7) is 4.80. The molecule has 0 saturated heterocycles. The summed E-state index contributed by atoms with van der Waals surface area (Å²) in [4.78, 5) is 41.3. The highest BCUT2D eigenvalue weighted by Crippen LogP contribution is 2.31. The molecule has 1 N–H and O–H groups in total. The van der Waals surface area contributed by atoms with Gasteiger partial charge in [-0.05, 0) is 62.7 Å². The summed E-state index contributed by atoms with van der Waals surface area (Å²) in [6, 6.07) is 13.4. The number of aryl methyl sites for hydroxylation is 3. The third-order valence-electron chi connectivity index (χ3n) is 5.22. The van der Waals surface area contributed by atoms with E-state index in [9.17, 15) is 14.4 Å². The van der Waals surface area contributed by atoms with Crippen molar-refractivity contribution in [3.63, 3.8) is 0 Å². The van der Waals surface area contributed by atoms with Crippen LogP contribution in [0.3, 0.4) is 0 Å². The van der Waals surface area contributed by atoms with Crippen LogP contribution in [0.2, 0.25) is 0 Å². The number of carbonyl (C=O) groups is 3. The Hall–Kier alpha value is -3.85. The van der Waals surface area contributed by atoms with Crippen molar-refractivity contribution in [3.05, 3.63) is 65.0 Å². The van der Waals surface area contributed by atoms with E-state index in [4.69, 9.17) is 4.74 Å². The lowest BCUT2D eigenvalue weighted by molar-refractivity contribution is -0.142. The smallest absolute Gasteiger partial charge is 0.380 e. The number of Topliss-reactive ketones (excluding diaryl/α,β-unsaturated/α-hetero) is 1. The van der Waals surface area contributed by atoms with Crippen molar-refractivity contribution in [1.29, 1.82) is 0 Å². The molecule has 0 radical (unpaired) electrons. The number of carbonyl (C=O) groups excluding carboxylic acids is 3. The van der Waals surface area contributed by atoms with Crippen LogP contribution in [-0.4, -0.2) is 39.0 Å². The predicted molar refractivity (Wildman–Crippen MR) is 126 cm³/mol. The molecule has 0 saturated carbocycles. The van der Waals surface area contributed by atoms with Gasteiger partial charge in [0.2, 0.25) is 0 Å². The second kappa shape index (κ2) is 8.95. The molecule has 0 bridgehead atoms. The van der Waals surface area contributed by atoms with E-state index < -0.39 is 24.3 Å². The minimum Gasteiger partial charge on any atom is -0.450 e. The summed E-state index contributed by atoms with van der Waals surface area (Å²) in [7, 11) is 1.68. The van der Waals surface area contributed by atoms with Crippen LogP contribution in [-0.2, 0) is 21.4 Å². The first-order chi connectivity index (χ1) is 15.7. The van der Waals surface area contributed by atoms with Crippen LogP contribution < -0.4 is 5.32 Å². The Morgan fingerprint density at radius 1 is 1.06 bits per heavy atom. The molecule has 4 aromatic rings. The molecule has 8 nitrogen and oxygen atoms in total. The van der Waals surface area contributed by atoms with Crippen LogP contribution in [0.1, 0.15) is 27.3 Å². The van der Waals surface area contributed by atoms with Gasteiger partial charge < -0.3 is 10.1 Å². The van der Waals surface area contributed by atoms with Crippen molar-refractivity contribution in [3.8, 4) is 10.6 Å². The highest BCUT2D eigenvalue weighted by molar-refractivity contribution is 7.21. The molecule has 0 unspecified atom stereocenters. The average Bonchev–Trinajstić information content (AvgIpc) is 3.31. The van der Waals surface area contributed by atoms with E-state index >= 15 is 0 Å². The number of fused-ring (bicyclic) bond motifs is 1. The van der Waals surface area contributed by atoms with Crippen molar-refractivity contribution in [2.45, 2.75) is 20.8 Å². The number of ketones is 1. The molecular weight excluding hydrogens is 440 g/mol. The van der Waals surface area contributed by atoms with E-state index in [1.54, 1.807) is 44.4 Å². The van der Waals surface area contributed by atoms with Gasteiger partial charge in [0, 0.05) is 24.0 Å². The summed E-state index contributed by atoms with van der Waals surface area (Å²) < 4.78 is 7.54. The molecule has 0 atom stereocenters. The lowest BCUT2D eigenvalue weighted by atomic mass is 10.1. The third-order valence-corrected chi connectivity index (χ3v) is 6.28. The monoisotopic (exact) mass is 462 g/mol. The van der Waals surface area contributed by atoms with Gasteiger partial charge in [-0.3, -0.25) is 14.3 Å². The molecule has 0 spiro atoms. The van der Waals surface area contributed by atoms with E-state index in [-0.39, 0.29) is 5.56 Å². The minimum absolute atomic E-state index is 0.198. The molecule has 2 aromatic heterocycles. The first kappa shape index (κ1) is 22.3. The van der Waals surface area contributed by atoms with E-state index in [2.05, 4.69) is 21.5 Å². The van der Waals surface area contributed by atoms with E-state index in [1.807, 2.05) is 31.2 Å². The average molecular weight is 463 g/mol. The lowest BCUT2D eigenvalue weighted by Crippen LogP contribution is -2.25. The Morgan fingerprint density at radius 2 is 1.79 bits per heavy atom. The maximum absolute atomic E-state index is 12.4. The number of amides is 1. The van der Waals surface area contributed by atoms with E-state index in [0.717, 1.165) is 20.8 Å². The highest BCUT2D eigenvalue weighted by atomic mass is 32.1. The molecule has 2 aromatic carbocycles. The normalized spacial score (nSPS) is 10.9. The molecular formula is C24H22N4O4S. The Morgan fingerprint density at radius 3 is 2.45 bits per heavy atom. The van der Waals surface area contributed by atoms with Gasteiger partial charge in [-0.2, -0.15) is 5.10 Å². The van der Waals surface area contributed by atoms with Gasteiger partial charge in [0.15, 0.2) is 6.61 Å². The number of benzene rings is 2. The van der Waals surface area contributed by atoms with Crippen LogP contribution in [0.5, 0.6) is 0 Å². The van der Waals surface area contributed by atoms with Crippen molar-refractivity contribution in [1.82, 2.24) is 14.8 Å². The molecule has 168 valence electrons. The number of nitrogens with zero attached hydrogens (tertiary/aromatic N) is 3. The molecule has 9 heteroatoms. The number of anilines is 1. The molecule has 0 fully saturated rings. The number of ether oxygens (including phenoxy) is 1. The third kappa shape index (κ3) is 4.68. The lowest BCUT2D eigenvalue weighted by Gasteiger charge is -2.07. The van der Waals surface area contributed by atoms with Gasteiger partial charge in [0.05, 0.1) is 21.5 Å². The molecule has 1 amide bonds. The molecule has 0 aliphatic rings. The molecule has 4 rings (SSSR count). The molecule has 0 aliphatic heterocycles. The van der Waals surface area contributed by atoms with Crippen LogP contribution in [0, 0.1) is 20.8 Å². The molecule has 33 heavy (non-hydrogen) atoms. The molecule has 0 aliphatic carbocycles. The molecule has 2 heterocycles. The van der Waals surface area contributed by atoms with Gasteiger partial charge in [-0.15, -0.1) is 11.3 Å². The first-order valence-corrected chi connectivity index (χ1v) is 11.0. The van der Waals surface area contributed by atoms with Crippen molar-refractivity contribution in [2.75, 3.05) is 11.9 Å². The Bertz CT molecular complexity index is 1390. The van der Waals surface area contributed by atoms with Crippen LogP contribution in [0.4, 0.5) is 5.69 Å². The maximum atomic E-state index is 12.4. The fourth-order valence-electron chi connectivity index (χ4n) is 3.45. The van der Waals surface area contributed by atoms with Crippen molar-refractivity contribution < 1.29 is 19.1 Å². The van der Waals surface area contributed by atoms with E-state index in [1.165, 1.54) is 10.2 Å². The Labute approximate surface area is 194 Å². The van der Waals surface area contributed by atoms with Gasteiger partial charge in [0.1, 0.15) is 5.01 Å². The van der Waals surface area contributed by atoms with Gasteiger partial charge in [0.25, 0.3) is 11.7 Å². The fraction of sp³-hybridized carbons (Fsp3) is 0.208. The zero-order valence-electron chi connectivity index (χ0n) is 18.6. The van der Waals surface area contributed by atoms with Crippen molar-refractivity contribution in [2.24, 2.45) is 7.05 Å². The quantitative estimate of drug-likeness (QED) is 0.264. The summed E-state index contributed by atoms with van der Waals surface area (Å²) in [5.74, 6) is -2.45. The van der Waals surface area contributed by atoms with E-state index in [0.29, 0.717) is 17.1 Å². The minimum atomic E-state index is -1.09. The number of rotatable bonds is 6. The Kier molecular flexibility index (Phi) is 6.06. The number of thiazole rings is 1. The standard InChI is InChI=1S/C24H22N4O4S/c1-13-5-10-18-19(11-13)33-23(26-18)16-6-8-17(9-7-16)25-20(29)12-32-24(31)22(30)21-14(2)27-28(4)15(21)3/h5-11H,12H2,1-4H3,(H,25,29). The van der Waals surface area contributed by atoms with Gasteiger partial charge in [-0.1, -0.05) is 6.07 Å². The number of hydrogen-bond acceptors (Lipinski definition) is 7. The zero-order chi connectivity index (χ0) is 23.7. The number of esters is 1. The maximum Gasteiger partial charge on any atom is 0.380 e. The fourth-order valence-corrected chi connectivity index (χ4v) is 4.52. The summed E-state index contributed by atoms with van der Waals surface area (Å²) in [5, 5.41) is 7.66. The highest BCUT2D eigenvalue weighted by Gasteiger charge is 2.25. The van der Waals surface area contributed by atoms with Crippen LogP contribution in [0.15, 0.2) is 42.5 Å². The Balaban J connectivity index is 1.35. The number of hydrogen-bond donors (Lipinski definition) is 1. The van der Waals surface area contributed by atoms with Crippen LogP contribution >= 0.6 is 11.3 Å². The summed E-state index contributed by atoms with van der Waals surface area (Å²) >= 11 is 1.61. The topological polar surface area (TPSA) is 103 Å². The second-order valence-corrected chi connectivity index (χ2v) is 8.72.